The molecule has 0 aliphatic heterocycles. The number of ether oxygens (including phenoxy) is 1. The first-order valence-corrected chi connectivity index (χ1v) is 6.90. The van der Waals surface area contributed by atoms with Crippen LogP contribution in [0.2, 0.25) is 0 Å². The fourth-order valence-corrected chi connectivity index (χ4v) is 3.05. The minimum Gasteiger partial charge on any atom is -0.466 e. The monoisotopic (exact) mass is 467 g/mol. The zero-order valence-electron chi connectivity index (χ0n) is 8.84. The summed E-state index contributed by atoms with van der Waals surface area (Å²) in [5, 5.41) is 0. The van der Waals surface area contributed by atoms with Crippen LogP contribution in [0.15, 0.2) is 6.07 Å². The molecule has 0 radical (unpaired) electrons. The van der Waals surface area contributed by atoms with Gasteiger partial charge in [0.2, 0.25) is 0 Å². The Hall–Kier alpha value is -0.0600. The Morgan fingerprint density at radius 2 is 2.18 bits per heavy atom. The molecule has 94 valence electrons. The lowest BCUT2D eigenvalue weighted by molar-refractivity contribution is -0.142. The summed E-state index contributed by atoms with van der Waals surface area (Å²) >= 11 is 3.72. The van der Waals surface area contributed by atoms with Gasteiger partial charge in [0.15, 0.2) is 0 Å². The summed E-state index contributed by atoms with van der Waals surface area (Å²) < 4.78 is 31.3. The van der Waals surface area contributed by atoms with Crippen molar-refractivity contribution in [3.05, 3.63) is 24.6 Å². The molecule has 0 saturated heterocycles. The Labute approximate surface area is 125 Å². The van der Waals surface area contributed by atoms with E-state index in [0.717, 1.165) is 0 Å². The molecule has 1 aromatic heterocycles. The third-order valence-corrected chi connectivity index (χ3v) is 3.38. The minimum atomic E-state index is -2.62. The molecule has 0 aliphatic rings. The average Bonchev–Trinajstić information content (AvgIpc) is 2.21. The number of alkyl halides is 2. The quantitative estimate of drug-likeness (QED) is 0.388. The second-order valence-electron chi connectivity index (χ2n) is 3.09. The number of carbonyl (C=O) groups excluding carboxylic acids is 1. The standard InChI is InChI=1S/C10H9F2I2NO2/c1-2-17-8(16)4-6-5(9(11)12)3-7(13)15-10(6)14/h3,9H,2,4H2,1H3. The van der Waals surface area contributed by atoms with Gasteiger partial charge in [-0.05, 0) is 58.2 Å². The highest BCUT2D eigenvalue weighted by atomic mass is 127. The number of hydrogen-bond donors (Lipinski definition) is 0. The van der Waals surface area contributed by atoms with E-state index in [9.17, 15) is 13.6 Å². The van der Waals surface area contributed by atoms with Crippen LogP contribution >= 0.6 is 45.2 Å². The maximum absolute atomic E-state index is 12.8. The molecule has 0 saturated carbocycles. The molecule has 0 aliphatic carbocycles. The number of halogens is 4. The zero-order chi connectivity index (χ0) is 13.0. The Bertz CT molecular complexity index is 427. The number of esters is 1. The third-order valence-electron chi connectivity index (χ3n) is 1.94. The first-order valence-electron chi connectivity index (χ1n) is 4.74. The van der Waals surface area contributed by atoms with Crippen LogP contribution in [0.5, 0.6) is 0 Å². The fourth-order valence-electron chi connectivity index (χ4n) is 1.25. The van der Waals surface area contributed by atoms with Crippen LogP contribution in [0.25, 0.3) is 0 Å². The van der Waals surface area contributed by atoms with E-state index in [4.69, 9.17) is 4.74 Å². The molecule has 1 heterocycles. The van der Waals surface area contributed by atoms with Gasteiger partial charge < -0.3 is 4.74 Å². The van der Waals surface area contributed by atoms with E-state index in [1.54, 1.807) is 6.92 Å². The van der Waals surface area contributed by atoms with E-state index in [2.05, 4.69) is 4.98 Å². The van der Waals surface area contributed by atoms with Gasteiger partial charge in [0.05, 0.1) is 13.0 Å². The van der Waals surface area contributed by atoms with Crippen molar-refractivity contribution in [3.63, 3.8) is 0 Å². The molecule has 7 heteroatoms. The van der Waals surface area contributed by atoms with Gasteiger partial charge in [0, 0.05) is 11.1 Å². The summed E-state index contributed by atoms with van der Waals surface area (Å²) in [6.45, 7) is 1.90. The van der Waals surface area contributed by atoms with Gasteiger partial charge in [-0.25, -0.2) is 13.8 Å². The van der Waals surface area contributed by atoms with Gasteiger partial charge in [-0.2, -0.15) is 0 Å². The van der Waals surface area contributed by atoms with E-state index in [1.807, 2.05) is 45.2 Å². The number of carbonyl (C=O) groups is 1. The summed E-state index contributed by atoms with van der Waals surface area (Å²) in [5.41, 5.74) is 0.0984. The van der Waals surface area contributed by atoms with Crippen LogP contribution < -0.4 is 0 Å². The van der Waals surface area contributed by atoms with Crippen molar-refractivity contribution in [2.24, 2.45) is 0 Å². The van der Waals surface area contributed by atoms with E-state index in [0.29, 0.717) is 7.40 Å². The van der Waals surface area contributed by atoms with Gasteiger partial charge in [-0.15, -0.1) is 0 Å². The van der Waals surface area contributed by atoms with Gasteiger partial charge in [-0.3, -0.25) is 4.79 Å². The van der Waals surface area contributed by atoms with E-state index in [-0.39, 0.29) is 24.2 Å². The molecule has 0 N–H and O–H groups in total. The summed E-state index contributed by atoms with van der Waals surface area (Å²) in [4.78, 5) is 15.4. The van der Waals surface area contributed by atoms with Gasteiger partial charge >= 0.3 is 5.97 Å². The highest BCUT2D eigenvalue weighted by molar-refractivity contribution is 14.1. The first kappa shape index (κ1) is 15.0. The normalized spacial score (nSPS) is 10.7. The van der Waals surface area contributed by atoms with Crippen LogP contribution in [0.3, 0.4) is 0 Å². The zero-order valence-corrected chi connectivity index (χ0v) is 13.2. The summed E-state index contributed by atoms with van der Waals surface area (Å²) in [7, 11) is 0. The predicted molar refractivity (Wildman–Crippen MR) is 75.0 cm³/mol. The molecule has 0 atom stereocenters. The van der Waals surface area contributed by atoms with E-state index >= 15 is 0 Å². The first-order chi connectivity index (χ1) is 7.95. The molecule has 0 aromatic carbocycles. The van der Waals surface area contributed by atoms with Crippen LogP contribution in [-0.2, 0) is 16.0 Å². The van der Waals surface area contributed by atoms with Crippen molar-refractivity contribution >= 4 is 51.2 Å². The topological polar surface area (TPSA) is 39.2 Å². The number of hydrogen-bond acceptors (Lipinski definition) is 3. The Morgan fingerprint density at radius 1 is 1.53 bits per heavy atom. The smallest absolute Gasteiger partial charge is 0.310 e. The molecule has 1 rings (SSSR count). The van der Waals surface area contributed by atoms with Gasteiger partial charge in [0.25, 0.3) is 6.43 Å². The summed E-state index contributed by atoms with van der Waals surface area (Å²) in [6.07, 6.45) is -2.79. The molecular formula is C10H9F2I2NO2. The van der Waals surface area contributed by atoms with Crippen molar-refractivity contribution < 1.29 is 18.3 Å². The van der Waals surface area contributed by atoms with Crippen molar-refractivity contribution in [1.29, 1.82) is 0 Å². The van der Waals surface area contributed by atoms with E-state index < -0.39 is 12.4 Å². The van der Waals surface area contributed by atoms with Crippen molar-refractivity contribution in [2.75, 3.05) is 6.61 Å². The van der Waals surface area contributed by atoms with Crippen LogP contribution in [0, 0.1) is 7.40 Å². The van der Waals surface area contributed by atoms with Crippen molar-refractivity contribution in [3.8, 4) is 0 Å². The Kier molecular flexibility index (Phi) is 5.97. The van der Waals surface area contributed by atoms with Crippen LogP contribution in [0.1, 0.15) is 24.5 Å². The maximum Gasteiger partial charge on any atom is 0.310 e. The molecule has 0 bridgehead atoms. The third kappa shape index (κ3) is 4.27. The molecule has 0 fully saturated rings. The van der Waals surface area contributed by atoms with Gasteiger partial charge in [-0.1, -0.05) is 0 Å². The summed E-state index contributed by atoms with van der Waals surface area (Å²) in [5.74, 6) is -0.518. The molecule has 0 amide bonds. The lowest BCUT2D eigenvalue weighted by Crippen LogP contribution is -2.12. The van der Waals surface area contributed by atoms with Crippen LogP contribution in [-0.4, -0.2) is 17.6 Å². The number of aromatic nitrogens is 1. The molecule has 3 nitrogen and oxygen atoms in total. The molecule has 0 spiro atoms. The van der Waals surface area contributed by atoms with Crippen molar-refractivity contribution in [1.82, 2.24) is 4.98 Å². The predicted octanol–water partition coefficient (Wildman–Crippen LogP) is 3.33. The Morgan fingerprint density at radius 3 is 2.71 bits per heavy atom. The number of nitrogens with zero attached hydrogens (tertiary/aromatic N) is 1. The maximum atomic E-state index is 12.8. The second-order valence-corrected chi connectivity index (χ2v) is 5.21. The Balaban J connectivity index is 3.08. The molecule has 0 unspecified atom stereocenters. The number of pyridine rings is 1. The minimum absolute atomic E-state index is 0.151. The largest absolute Gasteiger partial charge is 0.466 e. The lowest BCUT2D eigenvalue weighted by Gasteiger charge is -2.10. The van der Waals surface area contributed by atoms with Crippen LogP contribution in [0.4, 0.5) is 8.78 Å². The van der Waals surface area contributed by atoms with Gasteiger partial charge in [0.1, 0.15) is 7.40 Å². The molecular weight excluding hydrogens is 458 g/mol. The average molecular weight is 467 g/mol. The highest BCUT2D eigenvalue weighted by Crippen LogP contribution is 2.27. The SMILES string of the molecule is CCOC(=O)Cc1c(C(F)F)cc(I)nc1I. The van der Waals surface area contributed by atoms with Crippen molar-refractivity contribution in [2.45, 2.75) is 19.8 Å². The van der Waals surface area contributed by atoms with E-state index in [1.165, 1.54) is 6.07 Å². The fraction of sp³-hybridized carbons (Fsp3) is 0.400. The molecule has 1 aromatic rings. The number of rotatable bonds is 4. The highest BCUT2D eigenvalue weighted by Gasteiger charge is 2.20. The second kappa shape index (κ2) is 6.76. The summed E-state index contributed by atoms with van der Waals surface area (Å²) in [6, 6.07) is 1.29. The lowest BCUT2D eigenvalue weighted by atomic mass is 10.1. The molecule has 17 heavy (non-hydrogen) atoms.